The third kappa shape index (κ3) is 6.72. The van der Waals surface area contributed by atoms with Crippen LogP contribution in [-0.4, -0.2) is 15.8 Å². The Hall–Kier alpha value is -2.33. The van der Waals surface area contributed by atoms with Gasteiger partial charge in [0.1, 0.15) is 0 Å². The zero-order valence-corrected chi connectivity index (χ0v) is 17.8. The van der Waals surface area contributed by atoms with Crippen molar-refractivity contribution in [1.29, 1.82) is 0 Å². The summed E-state index contributed by atoms with van der Waals surface area (Å²) in [6.07, 6.45) is 3.60. The van der Waals surface area contributed by atoms with E-state index in [4.69, 9.17) is 0 Å². The molecule has 0 saturated carbocycles. The number of benzene rings is 2. The van der Waals surface area contributed by atoms with Crippen molar-refractivity contribution in [2.75, 3.05) is 6.26 Å². The fraction of sp³-hybridized carbons (Fsp3) is 0.304. The number of aromatic nitrogens is 2. The number of hydrogen-bond donors (Lipinski definition) is 0. The molecule has 0 atom stereocenters. The SMILES string of the molecule is CC.CC.CSc1nc(CCc2ccccc2)cc(=O)n1-c1ccccc1. The van der Waals surface area contributed by atoms with Crippen LogP contribution in [-0.2, 0) is 12.8 Å². The quantitative estimate of drug-likeness (QED) is 0.414. The van der Waals surface area contributed by atoms with E-state index in [1.165, 1.54) is 17.3 Å². The van der Waals surface area contributed by atoms with E-state index in [0.29, 0.717) is 0 Å². The number of rotatable bonds is 5. The van der Waals surface area contributed by atoms with Gasteiger partial charge in [-0.1, -0.05) is 88.0 Å². The van der Waals surface area contributed by atoms with Crippen molar-refractivity contribution in [2.45, 2.75) is 45.7 Å². The van der Waals surface area contributed by atoms with Crippen LogP contribution in [0.25, 0.3) is 5.69 Å². The van der Waals surface area contributed by atoms with Crippen molar-refractivity contribution in [1.82, 2.24) is 9.55 Å². The molecule has 0 spiro atoms. The van der Waals surface area contributed by atoms with E-state index in [9.17, 15) is 4.79 Å². The second-order valence-electron chi connectivity index (χ2n) is 5.23. The Morgan fingerprint density at radius 1 is 0.852 bits per heavy atom. The molecule has 1 aromatic heterocycles. The summed E-state index contributed by atoms with van der Waals surface area (Å²) in [4.78, 5) is 17.2. The van der Waals surface area contributed by atoms with E-state index in [1.807, 2.05) is 82.5 Å². The summed E-state index contributed by atoms with van der Waals surface area (Å²) in [5.41, 5.74) is 2.92. The van der Waals surface area contributed by atoms with E-state index < -0.39 is 0 Å². The highest BCUT2D eigenvalue weighted by molar-refractivity contribution is 7.98. The Kier molecular flexibility index (Phi) is 10.9. The first kappa shape index (κ1) is 22.7. The molecular formula is C23H30N2OS. The molecule has 0 aliphatic rings. The number of nitrogens with zero attached hydrogens (tertiary/aromatic N) is 2. The van der Waals surface area contributed by atoms with Crippen LogP contribution in [0.3, 0.4) is 0 Å². The standard InChI is InChI=1S/C19H18N2OS.2C2H6/c1-23-19-20-16(13-12-15-8-4-2-5-9-15)14-18(22)21(19)17-10-6-3-7-11-17;2*1-2/h2-11,14H,12-13H2,1H3;2*1-2H3. The van der Waals surface area contributed by atoms with Crippen LogP contribution >= 0.6 is 11.8 Å². The highest BCUT2D eigenvalue weighted by atomic mass is 32.2. The lowest BCUT2D eigenvalue weighted by Gasteiger charge is -2.11. The molecule has 1 heterocycles. The Balaban J connectivity index is 0.000000855. The second kappa shape index (κ2) is 12.9. The molecule has 144 valence electrons. The van der Waals surface area contributed by atoms with E-state index in [1.54, 1.807) is 10.6 Å². The molecule has 0 N–H and O–H groups in total. The normalized spacial score (nSPS) is 9.52. The highest BCUT2D eigenvalue weighted by Gasteiger charge is 2.09. The molecule has 0 unspecified atom stereocenters. The van der Waals surface area contributed by atoms with Gasteiger partial charge in [-0.05, 0) is 36.8 Å². The molecule has 2 aromatic carbocycles. The molecule has 3 nitrogen and oxygen atoms in total. The lowest BCUT2D eigenvalue weighted by atomic mass is 10.1. The Morgan fingerprint density at radius 2 is 1.41 bits per heavy atom. The van der Waals surface area contributed by atoms with Gasteiger partial charge in [0.15, 0.2) is 5.16 Å². The lowest BCUT2D eigenvalue weighted by Crippen LogP contribution is -2.22. The van der Waals surface area contributed by atoms with Crippen LogP contribution in [0.4, 0.5) is 0 Å². The third-order valence-corrected chi connectivity index (χ3v) is 4.29. The first-order chi connectivity index (χ1) is 13.3. The average molecular weight is 383 g/mol. The molecule has 0 aliphatic heterocycles. The van der Waals surface area contributed by atoms with Crippen molar-refractivity contribution in [3.05, 3.63) is 88.3 Å². The molecule has 27 heavy (non-hydrogen) atoms. The largest absolute Gasteiger partial charge is 0.269 e. The van der Waals surface area contributed by atoms with Gasteiger partial charge in [0.05, 0.1) is 5.69 Å². The molecule has 3 aromatic rings. The molecule has 0 bridgehead atoms. The Morgan fingerprint density at radius 3 is 1.96 bits per heavy atom. The van der Waals surface area contributed by atoms with Gasteiger partial charge in [0, 0.05) is 11.8 Å². The number of para-hydroxylation sites is 1. The van der Waals surface area contributed by atoms with Gasteiger partial charge >= 0.3 is 0 Å². The van der Waals surface area contributed by atoms with Crippen LogP contribution in [0, 0.1) is 0 Å². The molecule has 3 rings (SSSR count). The van der Waals surface area contributed by atoms with Crippen LogP contribution < -0.4 is 5.56 Å². The molecule has 0 aliphatic carbocycles. The minimum atomic E-state index is -0.0291. The maximum atomic E-state index is 12.5. The van der Waals surface area contributed by atoms with Crippen molar-refractivity contribution in [3.63, 3.8) is 0 Å². The van der Waals surface area contributed by atoms with Crippen molar-refractivity contribution in [3.8, 4) is 5.69 Å². The minimum Gasteiger partial charge on any atom is -0.269 e. The third-order valence-electron chi connectivity index (χ3n) is 3.65. The first-order valence-corrected chi connectivity index (χ1v) is 10.8. The van der Waals surface area contributed by atoms with E-state index >= 15 is 0 Å². The Labute approximate surface area is 167 Å². The number of hydrogen-bond acceptors (Lipinski definition) is 3. The summed E-state index contributed by atoms with van der Waals surface area (Å²) < 4.78 is 1.66. The molecular weight excluding hydrogens is 352 g/mol. The molecule has 0 fully saturated rings. The number of aryl methyl sites for hydroxylation is 2. The summed E-state index contributed by atoms with van der Waals surface area (Å²) in [7, 11) is 0. The van der Waals surface area contributed by atoms with Crippen molar-refractivity contribution < 1.29 is 0 Å². The Bertz CT molecular complexity index is 830. The smallest absolute Gasteiger partial charge is 0.258 e. The maximum Gasteiger partial charge on any atom is 0.258 e. The second-order valence-corrected chi connectivity index (χ2v) is 6.00. The topological polar surface area (TPSA) is 34.9 Å². The van der Waals surface area contributed by atoms with Crippen LogP contribution in [0.15, 0.2) is 76.7 Å². The summed E-state index contributed by atoms with van der Waals surface area (Å²) in [6.45, 7) is 8.00. The number of thioether (sulfide) groups is 1. The van der Waals surface area contributed by atoms with Gasteiger partial charge in [0.25, 0.3) is 5.56 Å². The van der Waals surface area contributed by atoms with Gasteiger partial charge in [-0.2, -0.15) is 0 Å². The lowest BCUT2D eigenvalue weighted by molar-refractivity contribution is 0.754. The van der Waals surface area contributed by atoms with E-state index in [0.717, 1.165) is 29.4 Å². The molecule has 0 amide bonds. The van der Waals surface area contributed by atoms with Gasteiger partial charge in [0.2, 0.25) is 0 Å². The highest BCUT2D eigenvalue weighted by Crippen LogP contribution is 2.16. The van der Waals surface area contributed by atoms with Crippen LogP contribution in [0.1, 0.15) is 39.0 Å². The fourth-order valence-corrected chi connectivity index (χ4v) is 3.09. The predicted molar refractivity (Wildman–Crippen MR) is 118 cm³/mol. The minimum absolute atomic E-state index is 0.0291. The van der Waals surface area contributed by atoms with Crippen LogP contribution in [0.2, 0.25) is 0 Å². The summed E-state index contributed by atoms with van der Waals surface area (Å²) in [6, 6.07) is 21.6. The van der Waals surface area contributed by atoms with Gasteiger partial charge < -0.3 is 0 Å². The monoisotopic (exact) mass is 382 g/mol. The van der Waals surface area contributed by atoms with E-state index in [2.05, 4.69) is 17.1 Å². The zero-order valence-electron chi connectivity index (χ0n) is 17.0. The average Bonchev–Trinajstić information content (AvgIpc) is 2.76. The molecule has 0 radical (unpaired) electrons. The van der Waals surface area contributed by atoms with E-state index in [-0.39, 0.29) is 5.56 Å². The van der Waals surface area contributed by atoms with Crippen molar-refractivity contribution in [2.24, 2.45) is 0 Å². The molecule has 4 heteroatoms. The summed E-state index contributed by atoms with van der Waals surface area (Å²) >= 11 is 1.49. The predicted octanol–water partition coefficient (Wildman–Crippen LogP) is 5.79. The summed E-state index contributed by atoms with van der Waals surface area (Å²) in [5.74, 6) is 0. The zero-order chi connectivity index (χ0) is 20.1. The fourth-order valence-electron chi connectivity index (χ4n) is 2.50. The van der Waals surface area contributed by atoms with Crippen molar-refractivity contribution >= 4 is 11.8 Å². The van der Waals surface area contributed by atoms with Gasteiger partial charge in [-0.3, -0.25) is 9.36 Å². The first-order valence-electron chi connectivity index (χ1n) is 9.54. The van der Waals surface area contributed by atoms with Gasteiger partial charge in [-0.25, -0.2) is 4.98 Å². The molecule has 0 saturated heterocycles. The maximum absolute atomic E-state index is 12.5. The van der Waals surface area contributed by atoms with Crippen LogP contribution in [0.5, 0.6) is 0 Å². The summed E-state index contributed by atoms with van der Waals surface area (Å²) in [5, 5.41) is 0.728. The van der Waals surface area contributed by atoms with Gasteiger partial charge in [-0.15, -0.1) is 0 Å².